The van der Waals surface area contributed by atoms with E-state index in [1.165, 1.54) is 135 Å². The Bertz CT molecular complexity index is 4130. The molecule has 10 rings (SSSR count). The fourth-order valence-electron chi connectivity index (χ4n) is 14.5. The quantitative estimate of drug-likeness (QED) is 0.0119. The van der Waals surface area contributed by atoms with E-state index in [0.717, 1.165) is 81.6 Å². The van der Waals surface area contributed by atoms with E-state index in [1.807, 2.05) is 152 Å². The minimum atomic E-state index is -1.14. The number of benzene rings is 6. The van der Waals surface area contributed by atoms with Crippen LogP contribution in [0.5, 0.6) is 0 Å². The van der Waals surface area contributed by atoms with Crippen molar-refractivity contribution in [3.8, 4) is 0 Å². The van der Waals surface area contributed by atoms with Crippen LogP contribution in [0, 0.1) is 9.54 Å². The number of ether oxygens (including phenoxy) is 9. The zero-order valence-electron chi connectivity index (χ0n) is 70.3. The summed E-state index contributed by atoms with van der Waals surface area (Å²) in [4.78, 5) is 37.0. The topological polar surface area (TPSA) is 221 Å². The van der Waals surface area contributed by atoms with E-state index in [4.69, 9.17) is 107 Å². The number of nitrogens with one attached hydrogen (secondary N) is 4. The normalized spacial score (nSPS) is 17.5. The zero-order valence-corrected chi connectivity index (χ0v) is 74.2. The molecule has 0 bridgehead atoms. The Kier molecular flexibility index (Phi) is 52.4. The Morgan fingerprint density at radius 1 is 0.387 bits per heavy atom. The third kappa shape index (κ3) is 42.0. The Morgan fingerprint density at radius 2 is 0.714 bits per heavy atom. The van der Waals surface area contributed by atoms with Crippen molar-refractivity contribution < 1.29 is 52.8 Å². The van der Waals surface area contributed by atoms with Gasteiger partial charge in [0.1, 0.15) is 42.7 Å². The summed E-state index contributed by atoms with van der Waals surface area (Å²) < 4.78 is 56.3. The molecular formula is C97H133Cl3N4O13S2. The third-order valence-corrected chi connectivity index (χ3v) is 21.4. The molecule has 2 aliphatic rings. The van der Waals surface area contributed by atoms with Crippen LogP contribution < -0.4 is 11.1 Å². The molecule has 0 spiro atoms. The largest absolute Gasteiger partial charge is 0.493 e. The molecule has 0 aliphatic carbocycles. The smallest absolute Gasteiger partial charge is 0.255 e. The maximum atomic E-state index is 13.0. The van der Waals surface area contributed by atoms with Crippen LogP contribution in [0.1, 0.15) is 237 Å². The lowest BCUT2D eigenvalue weighted by Crippen LogP contribution is -2.61. The molecule has 2 aliphatic heterocycles. The lowest BCUT2D eigenvalue weighted by molar-refractivity contribution is -0.319. The molecule has 652 valence electrons. The fourth-order valence-corrected chi connectivity index (χ4v) is 15.0. The molecule has 0 radical (unpaired) electrons. The summed E-state index contributed by atoms with van der Waals surface area (Å²) in [5, 5.41) is 20.8. The van der Waals surface area contributed by atoms with Crippen LogP contribution in [0.2, 0.25) is 0 Å². The number of aromatic amines is 4. The van der Waals surface area contributed by atoms with Gasteiger partial charge in [0.15, 0.2) is 20.1 Å². The van der Waals surface area contributed by atoms with Crippen molar-refractivity contribution in [2.45, 2.75) is 299 Å². The van der Waals surface area contributed by atoms with Gasteiger partial charge >= 0.3 is 0 Å². The number of aliphatic hydroxyl groups is 2. The summed E-state index contributed by atoms with van der Waals surface area (Å²) in [6.45, 7) is 8.09. The van der Waals surface area contributed by atoms with Crippen molar-refractivity contribution in [3.05, 3.63) is 280 Å². The van der Waals surface area contributed by atoms with E-state index in [-0.39, 0.29) is 55.9 Å². The molecular weight excluding hydrogens is 1600 g/mol. The lowest BCUT2D eigenvalue weighted by Gasteiger charge is -2.44. The van der Waals surface area contributed by atoms with Gasteiger partial charge in [0.2, 0.25) is 0 Å². The second-order valence-electron chi connectivity index (χ2n) is 30.6. The van der Waals surface area contributed by atoms with E-state index in [9.17, 15) is 14.7 Å². The van der Waals surface area contributed by atoms with Crippen LogP contribution in [0.3, 0.4) is 0 Å². The van der Waals surface area contributed by atoms with Crippen molar-refractivity contribution in [3.63, 3.8) is 0 Å². The number of hydrogen-bond donors (Lipinski definition) is 6. The van der Waals surface area contributed by atoms with Crippen LogP contribution in [0.15, 0.2) is 204 Å². The second kappa shape index (κ2) is 62.6. The van der Waals surface area contributed by atoms with Gasteiger partial charge in [-0.15, -0.1) is 0 Å². The van der Waals surface area contributed by atoms with Crippen molar-refractivity contribution in [1.82, 2.24) is 19.9 Å². The predicted octanol–water partition coefficient (Wildman–Crippen LogP) is 23.0. The van der Waals surface area contributed by atoms with Crippen molar-refractivity contribution in [1.29, 1.82) is 0 Å². The fraction of sp³-hybridized carbons (Fsp3) is 0.526. The highest BCUT2D eigenvalue weighted by atomic mass is 35.6. The number of aromatic nitrogens is 4. The van der Waals surface area contributed by atoms with Crippen LogP contribution >= 0.6 is 59.2 Å². The number of aliphatic hydroxyl groups excluding tert-OH is 2. The monoisotopic (exact) mass is 1730 g/mol. The van der Waals surface area contributed by atoms with Gasteiger partial charge in [0, 0.05) is 29.1 Å². The summed E-state index contributed by atoms with van der Waals surface area (Å²) in [6.07, 6.45) is 33.7. The average Bonchev–Trinajstić information content (AvgIpc) is 0.795. The third-order valence-electron chi connectivity index (χ3n) is 21.0. The number of rotatable bonds is 54. The van der Waals surface area contributed by atoms with Crippen molar-refractivity contribution >= 4 is 59.2 Å². The standard InChI is InChI=1S/C48H66N2O7S.C27H28O4.C21H38N2O2S.CHCl3/c1-2-3-4-5-6-7-8-9-10-11-12-22-30-40-41(49-48(58)50-46(40)52)31-23-32-54-47-43(51)45(56-35-39-28-20-15-21-29-39)44(55-34-38-26-18-14-19-27-38)42(57-47)36-53-33-37-24-16-13-17-25-37;1-4-10-22(11-5-1)18-28-21-26-27(31-20-24-14-8-3-9-15-24)25(16-17-29-26)30-19-23-12-6-2-7-13-23;1-2-3-4-5-6-7-8-9-10-11-12-13-15-18-19(16-14-17-24)22-21(26)23-20(18)25;2-1(3)4/h13-21,24-29,42-45,47,51H,2-12,22-23,30-36H2,1H3,(H2,49,50,52,58);1-17,25-27H,18-21H2;24H,2-17H2,1H3,(H2,22,23,25,26);1H/t;25-,26-,27+;;/m.1../s1. The van der Waals surface area contributed by atoms with Crippen LogP contribution in [0.4, 0.5) is 0 Å². The van der Waals surface area contributed by atoms with Gasteiger partial charge in [-0.1, -0.05) is 372 Å². The van der Waals surface area contributed by atoms with Gasteiger partial charge in [-0.2, -0.15) is 0 Å². The predicted molar refractivity (Wildman–Crippen MR) is 486 cm³/mol. The van der Waals surface area contributed by atoms with Gasteiger partial charge in [-0.05, 0) is 115 Å². The molecule has 5 unspecified atom stereocenters. The molecule has 8 atom stereocenters. The molecule has 22 heteroatoms. The Balaban J connectivity index is 0.000000267. The Hall–Kier alpha value is -6.47. The first-order valence-corrected chi connectivity index (χ1v) is 45.8. The molecule has 17 nitrogen and oxygen atoms in total. The van der Waals surface area contributed by atoms with E-state index in [2.05, 4.69) is 70.2 Å². The number of H-pyrrole nitrogens is 4. The number of aryl methyl sites for hydroxylation is 2. The van der Waals surface area contributed by atoms with E-state index >= 15 is 0 Å². The highest BCUT2D eigenvalue weighted by molar-refractivity contribution is 7.71. The maximum absolute atomic E-state index is 13.0. The minimum absolute atomic E-state index is 0.0650. The number of unbranched alkanes of at least 4 members (excludes halogenated alkanes) is 22. The first kappa shape index (κ1) is 99.6. The average molecular weight is 1730 g/mol. The number of alkyl halides is 3. The summed E-state index contributed by atoms with van der Waals surface area (Å²) >= 11 is 24.8. The van der Waals surface area contributed by atoms with E-state index in [1.54, 1.807) is 6.26 Å². The van der Waals surface area contributed by atoms with Gasteiger partial charge in [-0.3, -0.25) is 19.6 Å². The molecule has 6 N–H and O–H groups in total. The molecule has 8 aromatic rings. The van der Waals surface area contributed by atoms with Crippen LogP contribution in [-0.4, -0.2) is 110 Å². The summed E-state index contributed by atoms with van der Waals surface area (Å²) in [5.74, 6) is 0. The lowest BCUT2D eigenvalue weighted by atomic mass is 9.98. The van der Waals surface area contributed by atoms with Gasteiger partial charge in [0.25, 0.3) is 11.1 Å². The minimum Gasteiger partial charge on any atom is -0.493 e. The first-order valence-electron chi connectivity index (χ1n) is 43.7. The number of hydrogen-bond acceptors (Lipinski definition) is 15. The highest BCUT2D eigenvalue weighted by Crippen LogP contribution is 2.31. The van der Waals surface area contributed by atoms with Crippen LogP contribution in [-0.2, 0) is 108 Å². The van der Waals surface area contributed by atoms with Gasteiger partial charge < -0.3 is 62.8 Å². The number of halogens is 3. The zero-order chi connectivity index (χ0) is 84.4. The van der Waals surface area contributed by atoms with Crippen molar-refractivity contribution in [2.75, 3.05) is 26.4 Å². The Labute approximate surface area is 733 Å². The summed E-state index contributed by atoms with van der Waals surface area (Å²) in [5.41, 5.74) is 9.53. The van der Waals surface area contributed by atoms with Crippen molar-refractivity contribution in [2.24, 2.45) is 0 Å². The van der Waals surface area contributed by atoms with Crippen LogP contribution in [0.25, 0.3) is 0 Å². The molecule has 119 heavy (non-hydrogen) atoms. The molecule has 1 saturated heterocycles. The van der Waals surface area contributed by atoms with Gasteiger partial charge in [-0.25, -0.2) is 0 Å². The van der Waals surface area contributed by atoms with Gasteiger partial charge in [0.05, 0.1) is 65.7 Å². The molecule has 4 heterocycles. The highest BCUT2D eigenvalue weighted by Gasteiger charge is 2.48. The van der Waals surface area contributed by atoms with E-state index < -0.39 is 35.0 Å². The molecule has 0 saturated carbocycles. The summed E-state index contributed by atoms with van der Waals surface area (Å²) in [6, 6.07) is 60.2. The molecule has 1 fully saturated rings. The second-order valence-corrected chi connectivity index (χ2v) is 33.4. The summed E-state index contributed by atoms with van der Waals surface area (Å²) in [7, 11) is 0. The molecule has 0 amide bonds. The van der Waals surface area contributed by atoms with E-state index in [0.29, 0.717) is 81.3 Å². The maximum Gasteiger partial charge on any atom is 0.255 e. The first-order chi connectivity index (χ1) is 58.3. The molecule has 2 aromatic heterocycles. The SMILES string of the molecule is C1=C[C@@H](OCc2ccccc2)[C@H](OCc2ccccc2)[C@@H](COCc2ccccc2)O1.CCCCCCCCCCCCCCc1c(CCCO)[nH]c(=S)[nH]c1=O.CCCCCCCCCCCCCCc1c(CCCOC2OC(COCc3ccccc3)C(OCc3ccccc3)C(OCc3ccccc3)C2O)[nH]c(=S)[nH]c1=O.ClC(Cl)Cl. The molecule has 6 aromatic carbocycles. The Morgan fingerprint density at radius 3 is 1.09 bits per heavy atom.